The minimum atomic E-state index is -0.537. The summed E-state index contributed by atoms with van der Waals surface area (Å²) < 4.78 is 9.62. The number of ether oxygens (including phenoxy) is 2. The van der Waals surface area contributed by atoms with Gasteiger partial charge in [0.1, 0.15) is 5.75 Å². The Kier molecular flexibility index (Phi) is 3.49. The van der Waals surface area contributed by atoms with Crippen LogP contribution in [0.1, 0.15) is 5.56 Å². The topological polar surface area (TPSA) is 35.5 Å². The van der Waals surface area contributed by atoms with Crippen LogP contribution in [0, 0.1) is 11.8 Å². The molecule has 90 valence electrons. The third-order valence-electron chi connectivity index (χ3n) is 2.54. The molecule has 2 aromatic carbocycles. The van der Waals surface area contributed by atoms with Gasteiger partial charge in [0, 0.05) is 11.5 Å². The largest absolute Gasteiger partial charge is 0.497 e. The first-order chi connectivity index (χ1) is 8.72. The fourth-order valence-corrected chi connectivity index (χ4v) is 1.60. The summed E-state index contributed by atoms with van der Waals surface area (Å²) in [5.41, 5.74) is 0.776. The first-order valence-electron chi connectivity index (χ1n) is 5.40. The van der Waals surface area contributed by atoms with Gasteiger partial charge < -0.3 is 9.47 Å². The average Bonchev–Trinajstić information content (AvgIpc) is 2.43. The third kappa shape index (κ3) is 2.61. The number of rotatable bonds is 1. The minimum absolute atomic E-state index is 0.537. The number of fused-ring (bicyclic) bond motifs is 1. The van der Waals surface area contributed by atoms with Crippen molar-refractivity contribution in [1.29, 1.82) is 0 Å². The van der Waals surface area contributed by atoms with Gasteiger partial charge in [0.15, 0.2) is 0 Å². The third-order valence-corrected chi connectivity index (χ3v) is 2.54. The molecule has 0 aromatic heterocycles. The fraction of sp³-hybridized carbons (Fsp3) is 0.133. The van der Waals surface area contributed by atoms with E-state index in [4.69, 9.17) is 4.74 Å². The normalized spacial score (nSPS) is 9.44. The predicted molar refractivity (Wildman–Crippen MR) is 69.4 cm³/mol. The second-order valence-electron chi connectivity index (χ2n) is 3.67. The van der Waals surface area contributed by atoms with Crippen molar-refractivity contribution in [3.63, 3.8) is 0 Å². The molecule has 0 amide bonds. The van der Waals surface area contributed by atoms with Gasteiger partial charge in [0.2, 0.25) is 0 Å². The minimum Gasteiger partial charge on any atom is -0.497 e. The summed E-state index contributed by atoms with van der Waals surface area (Å²) in [6.07, 6.45) is 0. The van der Waals surface area contributed by atoms with Gasteiger partial charge in [-0.1, -0.05) is 18.1 Å². The van der Waals surface area contributed by atoms with Crippen molar-refractivity contribution >= 4 is 16.7 Å². The molecule has 0 aliphatic carbocycles. The van der Waals surface area contributed by atoms with Crippen LogP contribution < -0.4 is 4.74 Å². The fourth-order valence-electron chi connectivity index (χ4n) is 1.60. The van der Waals surface area contributed by atoms with Crippen molar-refractivity contribution in [2.24, 2.45) is 0 Å². The molecular weight excluding hydrogens is 228 g/mol. The SMILES string of the molecule is COC(=O)C#Cc1ccc2cc(OC)ccc2c1. The number of carbonyl (C=O) groups excluding carboxylic acids is 1. The van der Waals surface area contributed by atoms with Crippen LogP contribution in [0.3, 0.4) is 0 Å². The highest BCUT2D eigenvalue weighted by molar-refractivity contribution is 5.90. The molecule has 0 heterocycles. The number of benzene rings is 2. The van der Waals surface area contributed by atoms with Gasteiger partial charge in [0.25, 0.3) is 0 Å². The Labute approximate surface area is 105 Å². The first-order valence-corrected chi connectivity index (χ1v) is 5.40. The molecule has 0 bridgehead atoms. The monoisotopic (exact) mass is 240 g/mol. The highest BCUT2D eigenvalue weighted by Crippen LogP contribution is 2.21. The standard InChI is InChI=1S/C15H12O3/c1-17-14-7-6-12-9-11(3-5-13(12)10-14)4-8-15(16)18-2/h3,5-7,9-10H,1-2H3. The summed E-state index contributed by atoms with van der Waals surface area (Å²) in [6, 6.07) is 11.5. The summed E-state index contributed by atoms with van der Waals surface area (Å²) in [7, 11) is 2.95. The van der Waals surface area contributed by atoms with Gasteiger partial charge in [-0.15, -0.1) is 0 Å². The molecule has 0 radical (unpaired) electrons. The second-order valence-corrected chi connectivity index (χ2v) is 3.67. The van der Waals surface area contributed by atoms with E-state index >= 15 is 0 Å². The van der Waals surface area contributed by atoms with Gasteiger partial charge in [0.05, 0.1) is 14.2 Å². The van der Waals surface area contributed by atoms with Crippen molar-refractivity contribution in [2.45, 2.75) is 0 Å². The molecule has 0 saturated carbocycles. The molecule has 0 aliphatic rings. The van der Waals surface area contributed by atoms with Crippen molar-refractivity contribution in [1.82, 2.24) is 0 Å². The van der Waals surface area contributed by atoms with Crippen LogP contribution in [0.15, 0.2) is 36.4 Å². The quantitative estimate of drug-likeness (QED) is 0.567. The Hall–Kier alpha value is -2.47. The zero-order chi connectivity index (χ0) is 13.0. The van der Waals surface area contributed by atoms with Gasteiger partial charge in [-0.05, 0) is 35.0 Å². The molecule has 0 fully saturated rings. The van der Waals surface area contributed by atoms with Crippen LogP contribution in [-0.2, 0) is 9.53 Å². The summed E-state index contributed by atoms with van der Waals surface area (Å²) in [5.74, 6) is 5.44. The van der Waals surface area contributed by atoms with Crippen LogP contribution >= 0.6 is 0 Å². The van der Waals surface area contributed by atoms with Crippen LogP contribution in [0.4, 0.5) is 0 Å². The highest BCUT2D eigenvalue weighted by Gasteiger charge is 1.98. The lowest BCUT2D eigenvalue weighted by Gasteiger charge is -2.02. The number of carbonyl (C=O) groups is 1. The van der Waals surface area contributed by atoms with Gasteiger partial charge >= 0.3 is 5.97 Å². The van der Waals surface area contributed by atoms with Crippen molar-refractivity contribution in [3.05, 3.63) is 42.0 Å². The predicted octanol–water partition coefficient (Wildman–Crippen LogP) is 2.37. The van der Waals surface area contributed by atoms with Crippen LogP contribution in [-0.4, -0.2) is 20.2 Å². The van der Waals surface area contributed by atoms with E-state index in [1.54, 1.807) is 7.11 Å². The maximum absolute atomic E-state index is 10.9. The molecule has 0 N–H and O–H groups in total. The molecular formula is C15H12O3. The number of hydrogen-bond donors (Lipinski definition) is 0. The Balaban J connectivity index is 2.38. The van der Waals surface area contributed by atoms with Crippen molar-refractivity contribution in [3.8, 4) is 17.6 Å². The zero-order valence-corrected chi connectivity index (χ0v) is 10.2. The molecule has 2 aromatic rings. The summed E-state index contributed by atoms with van der Waals surface area (Å²) in [6.45, 7) is 0. The first kappa shape index (κ1) is 12.0. The number of hydrogen-bond acceptors (Lipinski definition) is 3. The molecule has 0 spiro atoms. The van der Waals surface area contributed by atoms with E-state index in [2.05, 4.69) is 16.6 Å². The van der Waals surface area contributed by atoms with Crippen LogP contribution in [0.5, 0.6) is 5.75 Å². The molecule has 3 nitrogen and oxygen atoms in total. The lowest BCUT2D eigenvalue weighted by molar-refractivity contribution is -0.133. The van der Waals surface area contributed by atoms with E-state index in [1.165, 1.54) is 7.11 Å². The van der Waals surface area contributed by atoms with Crippen molar-refractivity contribution < 1.29 is 14.3 Å². The summed E-state index contributed by atoms with van der Waals surface area (Å²) >= 11 is 0. The lowest BCUT2D eigenvalue weighted by Crippen LogP contribution is -1.94. The molecule has 0 atom stereocenters. The summed E-state index contributed by atoms with van der Waals surface area (Å²) in [5, 5.41) is 2.12. The second kappa shape index (κ2) is 5.24. The van der Waals surface area contributed by atoms with Crippen molar-refractivity contribution in [2.75, 3.05) is 14.2 Å². The molecule has 3 heteroatoms. The maximum Gasteiger partial charge on any atom is 0.384 e. The highest BCUT2D eigenvalue weighted by atomic mass is 16.5. The smallest absolute Gasteiger partial charge is 0.384 e. The Morgan fingerprint density at radius 3 is 2.50 bits per heavy atom. The van der Waals surface area contributed by atoms with Crippen LogP contribution in [0.2, 0.25) is 0 Å². The Bertz CT molecular complexity index is 648. The Morgan fingerprint density at radius 2 is 1.78 bits per heavy atom. The van der Waals surface area contributed by atoms with E-state index in [9.17, 15) is 4.79 Å². The van der Waals surface area contributed by atoms with E-state index < -0.39 is 5.97 Å². The Morgan fingerprint density at radius 1 is 1.06 bits per heavy atom. The summed E-state index contributed by atoms with van der Waals surface area (Å²) in [4.78, 5) is 10.9. The number of esters is 1. The average molecular weight is 240 g/mol. The van der Waals surface area contributed by atoms with Gasteiger partial charge in [-0.3, -0.25) is 0 Å². The van der Waals surface area contributed by atoms with Crippen LogP contribution in [0.25, 0.3) is 10.8 Å². The molecule has 0 aliphatic heterocycles. The van der Waals surface area contributed by atoms with Gasteiger partial charge in [-0.25, -0.2) is 4.79 Å². The van der Waals surface area contributed by atoms with E-state index in [0.29, 0.717) is 0 Å². The molecule has 18 heavy (non-hydrogen) atoms. The molecule has 2 rings (SSSR count). The molecule has 0 unspecified atom stereocenters. The maximum atomic E-state index is 10.9. The number of methoxy groups -OCH3 is 2. The lowest BCUT2D eigenvalue weighted by atomic mass is 10.1. The van der Waals surface area contributed by atoms with E-state index in [0.717, 1.165) is 22.1 Å². The van der Waals surface area contributed by atoms with Gasteiger partial charge in [-0.2, -0.15) is 0 Å². The van der Waals surface area contributed by atoms with E-state index in [-0.39, 0.29) is 0 Å². The zero-order valence-electron chi connectivity index (χ0n) is 10.2. The van der Waals surface area contributed by atoms with E-state index in [1.807, 2.05) is 36.4 Å². The molecule has 0 saturated heterocycles.